The fraction of sp³-hybridized carbons (Fsp3) is 0.0714. The summed E-state index contributed by atoms with van der Waals surface area (Å²) in [4.78, 5) is 7.62. The molecule has 2 heterocycles. The number of aromatic amines is 1. The quantitative estimate of drug-likeness (QED) is 0.669. The van der Waals surface area contributed by atoms with Gasteiger partial charge >= 0.3 is 0 Å². The maximum absolute atomic E-state index is 12.9. The highest BCUT2D eigenvalue weighted by Gasteiger charge is 2.27. The minimum Gasteiger partial charge on any atom is -0.496 e. The topological polar surface area (TPSA) is 72.0 Å². The molecular formula is C14H11IN2O3S. The number of H-pyrrole nitrogens is 1. The molecule has 0 saturated heterocycles. The minimum atomic E-state index is -3.64. The van der Waals surface area contributed by atoms with E-state index in [1.54, 1.807) is 42.6 Å². The molecule has 7 heteroatoms. The molecule has 5 nitrogen and oxygen atoms in total. The van der Waals surface area contributed by atoms with Gasteiger partial charge in [-0.25, -0.2) is 13.4 Å². The number of aromatic nitrogens is 2. The highest BCUT2D eigenvalue weighted by atomic mass is 127. The van der Waals surface area contributed by atoms with E-state index in [0.29, 0.717) is 20.5 Å². The van der Waals surface area contributed by atoms with Crippen molar-refractivity contribution in [1.82, 2.24) is 9.97 Å². The number of benzene rings is 1. The number of hydrogen-bond acceptors (Lipinski definition) is 4. The Bertz CT molecular complexity index is 905. The molecule has 2 aromatic heterocycles. The number of nitrogens with one attached hydrogen (secondary N) is 1. The Morgan fingerprint density at radius 3 is 2.57 bits per heavy atom. The number of hydrogen-bond donors (Lipinski definition) is 1. The van der Waals surface area contributed by atoms with Gasteiger partial charge in [0, 0.05) is 6.20 Å². The molecule has 108 valence electrons. The zero-order valence-corrected chi connectivity index (χ0v) is 14.0. The Hall–Kier alpha value is -1.61. The maximum Gasteiger partial charge on any atom is 0.209 e. The summed E-state index contributed by atoms with van der Waals surface area (Å²) >= 11 is 1.97. The molecule has 0 saturated carbocycles. The molecule has 0 aliphatic carbocycles. The first kappa shape index (κ1) is 14.3. The molecule has 0 bridgehead atoms. The summed E-state index contributed by atoms with van der Waals surface area (Å²) < 4.78 is 31.6. The number of pyridine rings is 1. The predicted molar refractivity (Wildman–Crippen MR) is 87.3 cm³/mol. The lowest BCUT2D eigenvalue weighted by molar-refractivity contribution is 0.419. The van der Waals surface area contributed by atoms with E-state index in [-0.39, 0.29) is 9.79 Å². The third kappa shape index (κ3) is 2.30. The molecule has 3 rings (SSSR count). The van der Waals surface area contributed by atoms with E-state index < -0.39 is 9.84 Å². The van der Waals surface area contributed by atoms with Gasteiger partial charge in [0.2, 0.25) is 9.84 Å². The molecule has 0 fully saturated rings. The third-order valence-corrected chi connectivity index (χ3v) is 6.12. The number of sulfone groups is 1. The van der Waals surface area contributed by atoms with Gasteiger partial charge in [-0.1, -0.05) is 18.2 Å². The van der Waals surface area contributed by atoms with Crippen LogP contribution in [0.25, 0.3) is 11.0 Å². The van der Waals surface area contributed by atoms with Crippen LogP contribution in [0.4, 0.5) is 0 Å². The van der Waals surface area contributed by atoms with Crippen molar-refractivity contribution in [3.63, 3.8) is 0 Å². The summed E-state index contributed by atoms with van der Waals surface area (Å²) in [6.45, 7) is 0. The summed E-state index contributed by atoms with van der Waals surface area (Å²) in [6, 6.07) is 9.98. The lowest BCUT2D eigenvalue weighted by atomic mass is 10.3. The second kappa shape index (κ2) is 5.30. The van der Waals surface area contributed by atoms with Crippen LogP contribution in [0.3, 0.4) is 0 Å². The van der Waals surface area contributed by atoms with Crippen molar-refractivity contribution in [3.05, 3.63) is 46.3 Å². The van der Waals surface area contributed by atoms with E-state index >= 15 is 0 Å². The summed E-state index contributed by atoms with van der Waals surface area (Å²) in [7, 11) is -2.14. The molecule has 0 unspecified atom stereocenters. The average molecular weight is 414 g/mol. The zero-order chi connectivity index (χ0) is 15.0. The fourth-order valence-corrected chi connectivity index (χ4v) is 5.07. The van der Waals surface area contributed by atoms with E-state index in [1.165, 1.54) is 7.11 Å². The number of fused-ring (bicyclic) bond motifs is 1. The van der Waals surface area contributed by atoms with Gasteiger partial charge in [-0.2, -0.15) is 0 Å². The summed E-state index contributed by atoms with van der Waals surface area (Å²) in [5, 5.41) is 0.480. The van der Waals surface area contributed by atoms with Gasteiger partial charge in [0.15, 0.2) is 0 Å². The normalized spacial score (nSPS) is 11.7. The SMILES string of the molecule is COc1ccnc2[nH]c(I)c(S(=O)(=O)c3ccccc3)c12. The molecule has 0 amide bonds. The van der Waals surface area contributed by atoms with E-state index in [2.05, 4.69) is 9.97 Å². The van der Waals surface area contributed by atoms with Crippen LogP contribution in [0.1, 0.15) is 0 Å². The zero-order valence-electron chi connectivity index (χ0n) is 11.0. The van der Waals surface area contributed by atoms with Crippen LogP contribution < -0.4 is 4.74 Å². The summed E-state index contributed by atoms with van der Waals surface area (Å²) in [5.74, 6) is 0.480. The van der Waals surface area contributed by atoms with Gasteiger partial charge < -0.3 is 9.72 Å². The molecule has 0 atom stereocenters. The molecule has 21 heavy (non-hydrogen) atoms. The molecular weight excluding hydrogens is 403 g/mol. The standard InChI is InChI=1S/C14H11IN2O3S/c1-20-10-7-8-16-14-11(10)12(13(15)17-14)21(18,19)9-5-3-2-4-6-9/h2-8H,1H3,(H,16,17). The average Bonchev–Trinajstić information content (AvgIpc) is 2.84. The van der Waals surface area contributed by atoms with Crippen molar-refractivity contribution < 1.29 is 13.2 Å². The second-order valence-corrected chi connectivity index (χ2v) is 7.29. The molecule has 3 aromatic rings. The van der Waals surface area contributed by atoms with E-state index in [0.717, 1.165) is 0 Å². The van der Waals surface area contributed by atoms with Crippen LogP contribution >= 0.6 is 22.6 Å². The van der Waals surface area contributed by atoms with Gasteiger partial charge in [0.25, 0.3) is 0 Å². The van der Waals surface area contributed by atoms with Crippen LogP contribution in [0.5, 0.6) is 5.75 Å². The van der Waals surface area contributed by atoms with E-state index in [4.69, 9.17) is 4.74 Å². The smallest absolute Gasteiger partial charge is 0.209 e. The Labute approximate surface area is 135 Å². The van der Waals surface area contributed by atoms with Gasteiger partial charge in [-0.15, -0.1) is 0 Å². The predicted octanol–water partition coefficient (Wildman–Crippen LogP) is 3.01. The van der Waals surface area contributed by atoms with Crippen LogP contribution in [0, 0.1) is 3.70 Å². The van der Waals surface area contributed by atoms with Crippen molar-refractivity contribution >= 4 is 43.5 Å². The molecule has 1 aromatic carbocycles. The van der Waals surface area contributed by atoms with Crippen molar-refractivity contribution in [2.75, 3.05) is 7.11 Å². The van der Waals surface area contributed by atoms with Crippen LogP contribution in [0.15, 0.2) is 52.4 Å². The third-order valence-electron chi connectivity index (χ3n) is 3.11. The van der Waals surface area contributed by atoms with E-state index in [9.17, 15) is 8.42 Å². The lowest BCUT2D eigenvalue weighted by Crippen LogP contribution is -2.03. The van der Waals surface area contributed by atoms with E-state index in [1.807, 2.05) is 22.6 Å². The number of halogens is 1. The Morgan fingerprint density at radius 1 is 1.19 bits per heavy atom. The molecule has 0 aliphatic rings. The first-order valence-corrected chi connectivity index (χ1v) is 8.62. The largest absolute Gasteiger partial charge is 0.496 e. The summed E-state index contributed by atoms with van der Waals surface area (Å²) in [5.41, 5.74) is 0.494. The van der Waals surface area contributed by atoms with Crippen molar-refractivity contribution in [2.24, 2.45) is 0 Å². The lowest BCUT2D eigenvalue weighted by Gasteiger charge is -2.06. The van der Waals surface area contributed by atoms with Crippen LogP contribution in [-0.4, -0.2) is 25.5 Å². The first-order chi connectivity index (χ1) is 10.1. The van der Waals surface area contributed by atoms with Crippen molar-refractivity contribution in [3.8, 4) is 5.75 Å². The molecule has 0 aliphatic heterocycles. The van der Waals surface area contributed by atoms with Gasteiger partial charge in [0.1, 0.15) is 16.3 Å². The monoisotopic (exact) mass is 414 g/mol. The van der Waals surface area contributed by atoms with Crippen LogP contribution in [0.2, 0.25) is 0 Å². The molecule has 0 radical (unpaired) electrons. The molecule has 0 spiro atoms. The number of rotatable bonds is 3. The highest BCUT2D eigenvalue weighted by Crippen LogP contribution is 2.36. The Balaban J connectivity index is 2.38. The molecule has 1 N–H and O–H groups in total. The fourth-order valence-electron chi connectivity index (χ4n) is 2.17. The summed E-state index contributed by atoms with van der Waals surface area (Å²) in [6.07, 6.45) is 1.58. The van der Waals surface area contributed by atoms with Crippen LogP contribution in [-0.2, 0) is 9.84 Å². The second-order valence-electron chi connectivity index (χ2n) is 4.32. The van der Waals surface area contributed by atoms with Gasteiger partial charge in [-0.05, 0) is 40.8 Å². The van der Waals surface area contributed by atoms with Crippen molar-refractivity contribution in [2.45, 2.75) is 9.79 Å². The van der Waals surface area contributed by atoms with Gasteiger partial charge in [-0.3, -0.25) is 0 Å². The number of nitrogens with zero attached hydrogens (tertiary/aromatic N) is 1. The highest BCUT2D eigenvalue weighted by molar-refractivity contribution is 14.1. The maximum atomic E-state index is 12.9. The van der Waals surface area contributed by atoms with Crippen molar-refractivity contribution in [1.29, 1.82) is 0 Å². The number of ether oxygens (including phenoxy) is 1. The Morgan fingerprint density at radius 2 is 1.90 bits per heavy atom. The number of methoxy groups -OCH3 is 1. The minimum absolute atomic E-state index is 0.203. The Kier molecular flexibility index (Phi) is 3.62. The van der Waals surface area contributed by atoms with Gasteiger partial charge in [0.05, 0.1) is 21.1 Å². The first-order valence-electron chi connectivity index (χ1n) is 6.06.